The van der Waals surface area contributed by atoms with Gasteiger partial charge in [-0.05, 0) is 20.3 Å². The van der Waals surface area contributed by atoms with Crippen molar-refractivity contribution >= 4 is 0 Å². The molecule has 0 bridgehead atoms. The van der Waals surface area contributed by atoms with E-state index in [-0.39, 0.29) is 11.2 Å². The van der Waals surface area contributed by atoms with E-state index in [1.54, 1.807) is 0 Å². The van der Waals surface area contributed by atoms with Gasteiger partial charge in [-0.25, -0.2) is 0 Å². The summed E-state index contributed by atoms with van der Waals surface area (Å²) >= 11 is 0. The lowest BCUT2D eigenvalue weighted by atomic mass is 9.90. The largest absolute Gasteiger partial charge is 0.346 e. The molecule has 56 valence electrons. The Kier molecular flexibility index (Phi) is 1.04. The summed E-state index contributed by atoms with van der Waals surface area (Å²) < 4.78 is 10.9. The van der Waals surface area contributed by atoms with Crippen LogP contribution in [-0.4, -0.2) is 18.0 Å². The summed E-state index contributed by atoms with van der Waals surface area (Å²) in [7, 11) is 0. The standard InChI is InChI=1S/C8H12O2/c1-7-4-3-5-8(7,2)10-6-9-7/h3-4H,5-6H2,1-2H3. The quantitative estimate of drug-likeness (QED) is 0.474. The molecule has 1 heterocycles. The molecule has 10 heavy (non-hydrogen) atoms. The van der Waals surface area contributed by atoms with Crippen LogP contribution in [0.4, 0.5) is 0 Å². The molecule has 1 fully saturated rings. The third-order valence-electron chi connectivity index (χ3n) is 2.73. The highest BCUT2D eigenvalue weighted by molar-refractivity contribution is 5.20. The van der Waals surface area contributed by atoms with Crippen LogP contribution in [0.5, 0.6) is 0 Å². The highest BCUT2D eigenvalue weighted by Crippen LogP contribution is 2.43. The molecule has 0 amide bonds. The maximum atomic E-state index is 5.48. The fraction of sp³-hybridized carbons (Fsp3) is 0.750. The first kappa shape index (κ1) is 6.38. The van der Waals surface area contributed by atoms with E-state index in [2.05, 4.69) is 26.0 Å². The minimum atomic E-state index is -0.160. The van der Waals surface area contributed by atoms with Gasteiger partial charge >= 0.3 is 0 Å². The molecule has 0 spiro atoms. The Morgan fingerprint density at radius 2 is 2.10 bits per heavy atom. The topological polar surface area (TPSA) is 18.5 Å². The Bertz CT molecular complexity index is 188. The van der Waals surface area contributed by atoms with E-state index in [0.29, 0.717) is 6.79 Å². The molecule has 0 aromatic carbocycles. The van der Waals surface area contributed by atoms with E-state index in [4.69, 9.17) is 9.47 Å². The molecule has 0 radical (unpaired) electrons. The Morgan fingerprint density at radius 1 is 1.30 bits per heavy atom. The SMILES string of the molecule is CC12C=CCC1(C)OCO2. The predicted octanol–water partition coefficient (Wildman–Crippen LogP) is 1.47. The van der Waals surface area contributed by atoms with Gasteiger partial charge in [-0.15, -0.1) is 0 Å². The summed E-state index contributed by atoms with van der Waals surface area (Å²) in [5, 5.41) is 0. The third kappa shape index (κ3) is 0.559. The third-order valence-corrected chi connectivity index (χ3v) is 2.73. The van der Waals surface area contributed by atoms with Gasteiger partial charge in [-0.3, -0.25) is 0 Å². The van der Waals surface area contributed by atoms with Crippen molar-refractivity contribution in [1.82, 2.24) is 0 Å². The molecule has 0 aromatic rings. The van der Waals surface area contributed by atoms with E-state index in [1.165, 1.54) is 0 Å². The number of fused-ring (bicyclic) bond motifs is 1. The Hall–Kier alpha value is -0.340. The van der Waals surface area contributed by atoms with E-state index in [1.807, 2.05) is 0 Å². The number of hydrogen-bond donors (Lipinski definition) is 0. The second-order valence-corrected chi connectivity index (χ2v) is 3.35. The summed E-state index contributed by atoms with van der Waals surface area (Å²) in [6.07, 6.45) is 5.20. The van der Waals surface area contributed by atoms with Crippen LogP contribution in [0.25, 0.3) is 0 Å². The van der Waals surface area contributed by atoms with Crippen molar-refractivity contribution < 1.29 is 9.47 Å². The van der Waals surface area contributed by atoms with E-state index < -0.39 is 0 Å². The van der Waals surface area contributed by atoms with Gasteiger partial charge < -0.3 is 9.47 Å². The number of hydrogen-bond acceptors (Lipinski definition) is 2. The highest BCUT2D eigenvalue weighted by atomic mass is 16.7. The molecule has 2 nitrogen and oxygen atoms in total. The summed E-state index contributed by atoms with van der Waals surface area (Å²) in [4.78, 5) is 0. The molecule has 1 aliphatic carbocycles. The molecule has 2 unspecified atom stereocenters. The molecular formula is C8H12O2. The molecule has 0 saturated carbocycles. The molecule has 2 heteroatoms. The molecule has 1 saturated heterocycles. The van der Waals surface area contributed by atoms with Crippen LogP contribution in [0.3, 0.4) is 0 Å². The zero-order valence-electron chi connectivity index (χ0n) is 6.39. The molecule has 2 rings (SSSR count). The van der Waals surface area contributed by atoms with Gasteiger partial charge in [0.25, 0.3) is 0 Å². The first-order chi connectivity index (χ1) is 4.66. The first-order valence-corrected chi connectivity index (χ1v) is 3.62. The lowest BCUT2D eigenvalue weighted by Gasteiger charge is -2.29. The average Bonchev–Trinajstić information content (AvgIpc) is 2.20. The fourth-order valence-corrected chi connectivity index (χ4v) is 1.57. The second kappa shape index (κ2) is 1.63. The highest BCUT2D eigenvalue weighted by Gasteiger charge is 2.51. The Labute approximate surface area is 60.8 Å². The molecule has 2 atom stereocenters. The van der Waals surface area contributed by atoms with Crippen molar-refractivity contribution in [3.63, 3.8) is 0 Å². The van der Waals surface area contributed by atoms with Crippen LogP contribution in [-0.2, 0) is 9.47 Å². The lowest BCUT2D eigenvalue weighted by Crippen LogP contribution is -2.41. The van der Waals surface area contributed by atoms with Crippen LogP contribution in [0.2, 0.25) is 0 Å². The van der Waals surface area contributed by atoms with Crippen LogP contribution >= 0.6 is 0 Å². The zero-order chi connectivity index (χ0) is 7.24. The fourth-order valence-electron chi connectivity index (χ4n) is 1.57. The van der Waals surface area contributed by atoms with Crippen LogP contribution in [0.1, 0.15) is 20.3 Å². The smallest absolute Gasteiger partial charge is 0.148 e. The number of ether oxygens (including phenoxy) is 2. The first-order valence-electron chi connectivity index (χ1n) is 3.62. The van der Waals surface area contributed by atoms with E-state index >= 15 is 0 Å². The predicted molar refractivity (Wildman–Crippen MR) is 37.6 cm³/mol. The van der Waals surface area contributed by atoms with E-state index in [9.17, 15) is 0 Å². The van der Waals surface area contributed by atoms with Crippen molar-refractivity contribution in [2.45, 2.75) is 31.5 Å². The summed E-state index contributed by atoms with van der Waals surface area (Å²) in [6.45, 7) is 4.61. The molecule has 0 aromatic heterocycles. The van der Waals surface area contributed by atoms with Gasteiger partial charge in [0.15, 0.2) is 0 Å². The van der Waals surface area contributed by atoms with Gasteiger partial charge in [-0.1, -0.05) is 12.2 Å². The van der Waals surface area contributed by atoms with Gasteiger partial charge in [0.1, 0.15) is 18.0 Å². The molecule has 0 N–H and O–H groups in total. The molecule has 2 aliphatic rings. The summed E-state index contributed by atoms with van der Waals surface area (Å²) in [5.74, 6) is 0. The molecule has 1 aliphatic heterocycles. The van der Waals surface area contributed by atoms with Gasteiger partial charge in [0, 0.05) is 0 Å². The van der Waals surface area contributed by atoms with E-state index in [0.717, 1.165) is 6.42 Å². The van der Waals surface area contributed by atoms with Crippen LogP contribution in [0.15, 0.2) is 12.2 Å². The van der Waals surface area contributed by atoms with Crippen LogP contribution in [0, 0.1) is 0 Å². The monoisotopic (exact) mass is 140 g/mol. The van der Waals surface area contributed by atoms with Crippen LogP contribution < -0.4 is 0 Å². The summed E-state index contributed by atoms with van der Waals surface area (Å²) in [6, 6.07) is 0. The summed E-state index contributed by atoms with van der Waals surface area (Å²) in [5.41, 5.74) is -0.250. The van der Waals surface area contributed by atoms with Crippen molar-refractivity contribution in [2.24, 2.45) is 0 Å². The average molecular weight is 140 g/mol. The zero-order valence-corrected chi connectivity index (χ0v) is 6.39. The van der Waals surface area contributed by atoms with Gasteiger partial charge in [0.2, 0.25) is 0 Å². The number of rotatable bonds is 0. The second-order valence-electron chi connectivity index (χ2n) is 3.35. The maximum Gasteiger partial charge on any atom is 0.148 e. The van der Waals surface area contributed by atoms with Gasteiger partial charge in [0.05, 0.1) is 0 Å². The Morgan fingerprint density at radius 3 is 2.80 bits per heavy atom. The van der Waals surface area contributed by atoms with Crippen molar-refractivity contribution in [2.75, 3.05) is 6.79 Å². The minimum absolute atomic E-state index is 0.0903. The molecular weight excluding hydrogens is 128 g/mol. The normalized spacial score (nSPS) is 51.8. The van der Waals surface area contributed by atoms with Crippen molar-refractivity contribution in [3.8, 4) is 0 Å². The van der Waals surface area contributed by atoms with Crippen molar-refractivity contribution in [1.29, 1.82) is 0 Å². The van der Waals surface area contributed by atoms with Crippen molar-refractivity contribution in [3.05, 3.63) is 12.2 Å². The maximum absolute atomic E-state index is 5.48. The van der Waals surface area contributed by atoms with Gasteiger partial charge in [-0.2, -0.15) is 0 Å². The minimum Gasteiger partial charge on any atom is -0.346 e. The lowest BCUT2D eigenvalue weighted by molar-refractivity contribution is 0.00372. The Balaban J connectivity index is 2.36.